The Labute approximate surface area is 115 Å². The van der Waals surface area contributed by atoms with E-state index in [0.717, 1.165) is 32.0 Å². The molecule has 104 valence electrons. The lowest BCUT2D eigenvalue weighted by Crippen LogP contribution is -2.42. The molecule has 1 aliphatic heterocycles. The molecule has 0 radical (unpaired) electrons. The van der Waals surface area contributed by atoms with Gasteiger partial charge >= 0.3 is 0 Å². The molecule has 0 saturated carbocycles. The van der Waals surface area contributed by atoms with Gasteiger partial charge in [0.15, 0.2) is 5.96 Å². The van der Waals surface area contributed by atoms with E-state index in [4.69, 9.17) is 5.73 Å². The van der Waals surface area contributed by atoms with Crippen LogP contribution in [-0.2, 0) is 6.42 Å². The van der Waals surface area contributed by atoms with E-state index in [2.05, 4.69) is 34.8 Å². The number of nitrogens with zero attached hydrogens (tertiary/aromatic N) is 3. The molecule has 1 fully saturated rings. The molecule has 4 nitrogen and oxygen atoms in total. The summed E-state index contributed by atoms with van der Waals surface area (Å²) in [5.41, 5.74) is 8.59. The molecule has 2 heterocycles. The molecule has 0 aliphatic carbocycles. The summed E-state index contributed by atoms with van der Waals surface area (Å²) in [7, 11) is 0. The second kappa shape index (κ2) is 6.55. The molecule has 0 bridgehead atoms. The first-order valence-electron chi connectivity index (χ1n) is 7.11. The third-order valence-electron chi connectivity index (χ3n) is 3.90. The molecular formula is C15H24N4. The van der Waals surface area contributed by atoms with Crippen molar-refractivity contribution < 1.29 is 0 Å². The van der Waals surface area contributed by atoms with Gasteiger partial charge in [0.25, 0.3) is 0 Å². The quantitative estimate of drug-likeness (QED) is 0.668. The SMILES string of the molecule is Cc1cnccc1CCN=C(N)N1CCC(C)CC1. The molecule has 0 unspecified atom stereocenters. The van der Waals surface area contributed by atoms with Gasteiger partial charge in [-0.1, -0.05) is 6.92 Å². The van der Waals surface area contributed by atoms with E-state index in [-0.39, 0.29) is 0 Å². The molecule has 1 aliphatic rings. The molecule has 1 aromatic heterocycles. The van der Waals surface area contributed by atoms with Gasteiger partial charge in [0, 0.05) is 32.0 Å². The van der Waals surface area contributed by atoms with Crippen molar-refractivity contribution in [2.24, 2.45) is 16.6 Å². The minimum atomic E-state index is 0.707. The van der Waals surface area contributed by atoms with Crippen LogP contribution in [0, 0.1) is 12.8 Å². The fourth-order valence-electron chi connectivity index (χ4n) is 2.41. The number of rotatable bonds is 3. The van der Waals surface area contributed by atoms with Crippen LogP contribution in [-0.4, -0.2) is 35.5 Å². The van der Waals surface area contributed by atoms with Crippen LogP contribution in [0.25, 0.3) is 0 Å². The van der Waals surface area contributed by atoms with E-state index >= 15 is 0 Å². The van der Waals surface area contributed by atoms with Crippen molar-refractivity contribution in [3.63, 3.8) is 0 Å². The Balaban J connectivity index is 1.83. The standard InChI is InChI=1S/C15H24N4/c1-12-5-9-19(10-6-12)15(16)18-8-4-14-3-7-17-11-13(14)2/h3,7,11-12H,4-6,8-10H2,1-2H3,(H2,16,18). The molecule has 2 N–H and O–H groups in total. The molecule has 2 rings (SSSR count). The highest BCUT2D eigenvalue weighted by molar-refractivity contribution is 5.78. The van der Waals surface area contributed by atoms with Crippen molar-refractivity contribution in [3.05, 3.63) is 29.6 Å². The molecule has 0 spiro atoms. The van der Waals surface area contributed by atoms with Crippen LogP contribution < -0.4 is 5.73 Å². The van der Waals surface area contributed by atoms with Gasteiger partial charge in [0.2, 0.25) is 0 Å². The minimum absolute atomic E-state index is 0.707. The summed E-state index contributed by atoms with van der Waals surface area (Å²) >= 11 is 0. The zero-order valence-corrected chi connectivity index (χ0v) is 12.0. The number of piperidine rings is 1. The summed E-state index contributed by atoms with van der Waals surface area (Å²) < 4.78 is 0. The average Bonchev–Trinajstić information content (AvgIpc) is 2.41. The van der Waals surface area contributed by atoms with Crippen LogP contribution in [0.4, 0.5) is 0 Å². The van der Waals surface area contributed by atoms with Crippen molar-refractivity contribution >= 4 is 5.96 Å². The zero-order chi connectivity index (χ0) is 13.7. The fraction of sp³-hybridized carbons (Fsp3) is 0.600. The molecule has 1 aromatic rings. The number of likely N-dealkylation sites (tertiary alicyclic amines) is 1. The zero-order valence-electron chi connectivity index (χ0n) is 12.0. The maximum absolute atomic E-state index is 6.06. The molecule has 0 atom stereocenters. The van der Waals surface area contributed by atoms with E-state index in [1.165, 1.54) is 24.0 Å². The maximum Gasteiger partial charge on any atom is 0.191 e. The van der Waals surface area contributed by atoms with Gasteiger partial charge in [-0.05, 0) is 49.3 Å². The highest BCUT2D eigenvalue weighted by Crippen LogP contribution is 2.15. The normalized spacial score (nSPS) is 17.8. The number of guanidine groups is 1. The highest BCUT2D eigenvalue weighted by Gasteiger charge is 2.16. The Morgan fingerprint density at radius 2 is 2.21 bits per heavy atom. The van der Waals surface area contributed by atoms with Crippen molar-refractivity contribution in [3.8, 4) is 0 Å². The third kappa shape index (κ3) is 3.94. The average molecular weight is 260 g/mol. The van der Waals surface area contributed by atoms with Gasteiger partial charge in [-0.25, -0.2) is 0 Å². The maximum atomic E-state index is 6.06. The molecule has 4 heteroatoms. The lowest BCUT2D eigenvalue weighted by Gasteiger charge is -2.31. The van der Waals surface area contributed by atoms with E-state index in [0.29, 0.717) is 5.96 Å². The van der Waals surface area contributed by atoms with E-state index < -0.39 is 0 Å². The second-order valence-corrected chi connectivity index (χ2v) is 5.46. The Hall–Kier alpha value is -1.58. The minimum Gasteiger partial charge on any atom is -0.370 e. The molecule has 0 aromatic carbocycles. The summed E-state index contributed by atoms with van der Waals surface area (Å²) in [4.78, 5) is 10.8. The van der Waals surface area contributed by atoms with Crippen LogP contribution in [0.5, 0.6) is 0 Å². The largest absolute Gasteiger partial charge is 0.370 e. The summed E-state index contributed by atoms with van der Waals surface area (Å²) in [5.74, 6) is 1.53. The van der Waals surface area contributed by atoms with Crippen molar-refractivity contribution in [2.45, 2.75) is 33.1 Å². The summed E-state index contributed by atoms with van der Waals surface area (Å²) in [6.45, 7) is 7.23. The number of nitrogens with two attached hydrogens (primary N) is 1. The third-order valence-corrected chi connectivity index (χ3v) is 3.90. The van der Waals surface area contributed by atoms with Crippen molar-refractivity contribution in [1.82, 2.24) is 9.88 Å². The first kappa shape index (κ1) is 13.8. The van der Waals surface area contributed by atoms with Gasteiger partial charge in [-0.2, -0.15) is 0 Å². The monoisotopic (exact) mass is 260 g/mol. The number of aryl methyl sites for hydroxylation is 1. The number of aliphatic imine (C=N–C) groups is 1. The number of hydrogen-bond donors (Lipinski definition) is 1. The molecule has 19 heavy (non-hydrogen) atoms. The van der Waals surface area contributed by atoms with Gasteiger partial charge in [0.05, 0.1) is 0 Å². The van der Waals surface area contributed by atoms with Crippen molar-refractivity contribution in [2.75, 3.05) is 19.6 Å². The fourth-order valence-corrected chi connectivity index (χ4v) is 2.41. The summed E-state index contributed by atoms with van der Waals surface area (Å²) in [5, 5.41) is 0. The Bertz CT molecular complexity index is 434. The van der Waals surface area contributed by atoms with Crippen LogP contribution in [0.15, 0.2) is 23.5 Å². The molecular weight excluding hydrogens is 236 g/mol. The smallest absolute Gasteiger partial charge is 0.191 e. The first-order valence-corrected chi connectivity index (χ1v) is 7.11. The van der Waals surface area contributed by atoms with Gasteiger partial charge < -0.3 is 10.6 Å². The second-order valence-electron chi connectivity index (χ2n) is 5.46. The first-order chi connectivity index (χ1) is 9.16. The summed E-state index contributed by atoms with van der Waals surface area (Å²) in [6, 6.07) is 2.06. The molecule has 0 amide bonds. The highest BCUT2D eigenvalue weighted by atomic mass is 15.3. The van der Waals surface area contributed by atoms with Crippen LogP contribution in [0.3, 0.4) is 0 Å². The van der Waals surface area contributed by atoms with Gasteiger partial charge in [-0.3, -0.25) is 9.98 Å². The summed E-state index contributed by atoms with van der Waals surface area (Å²) in [6.07, 6.45) is 7.11. The predicted molar refractivity (Wildman–Crippen MR) is 79.1 cm³/mol. The van der Waals surface area contributed by atoms with E-state index in [1.54, 1.807) is 0 Å². The van der Waals surface area contributed by atoms with E-state index in [9.17, 15) is 0 Å². The predicted octanol–water partition coefficient (Wildman–Crippen LogP) is 1.98. The van der Waals surface area contributed by atoms with Crippen molar-refractivity contribution in [1.29, 1.82) is 0 Å². The Morgan fingerprint density at radius 3 is 2.89 bits per heavy atom. The lowest BCUT2D eigenvalue weighted by molar-refractivity contribution is 0.277. The topological polar surface area (TPSA) is 54.5 Å². The number of hydrogen-bond acceptors (Lipinski definition) is 2. The molecule has 1 saturated heterocycles. The van der Waals surface area contributed by atoms with Crippen LogP contribution in [0.2, 0.25) is 0 Å². The van der Waals surface area contributed by atoms with Crippen LogP contribution in [0.1, 0.15) is 30.9 Å². The lowest BCUT2D eigenvalue weighted by atomic mass is 10.00. The van der Waals surface area contributed by atoms with Gasteiger partial charge in [-0.15, -0.1) is 0 Å². The number of aromatic nitrogens is 1. The Kier molecular flexibility index (Phi) is 4.77. The van der Waals surface area contributed by atoms with Crippen LogP contribution >= 0.6 is 0 Å². The number of pyridine rings is 1. The Morgan fingerprint density at radius 1 is 1.47 bits per heavy atom. The van der Waals surface area contributed by atoms with Gasteiger partial charge in [0.1, 0.15) is 0 Å². The van der Waals surface area contributed by atoms with E-state index in [1.807, 2.05) is 12.4 Å².